The standard InChI is InChI=1S/C25H37NO3S/c1-16-8-6-9-21-24(16,3)11-10-17(2)25(21,4)15-18-22(28)19(14-20(27)23(18)29)26-12-7-13-30-5/h8,14,17,21,26,28H,6-7,9-13,15H2,1-5H3/t17-,21+,24-,25+/m0/s1. The van der Waals surface area contributed by atoms with Gasteiger partial charge in [-0.3, -0.25) is 9.59 Å². The van der Waals surface area contributed by atoms with Gasteiger partial charge in [0.15, 0.2) is 0 Å². The van der Waals surface area contributed by atoms with Crippen molar-refractivity contribution in [3.8, 4) is 0 Å². The number of fused-ring (bicyclic) bond motifs is 1. The van der Waals surface area contributed by atoms with Gasteiger partial charge in [0.05, 0.1) is 5.70 Å². The van der Waals surface area contributed by atoms with Crippen molar-refractivity contribution in [2.75, 3.05) is 18.6 Å². The van der Waals surface area contributed by atoms with Crippen LogP contribution in [0.5, 0.6) is 0 Å². The highest BCUT2D eigenvalue weighted by atomic mass is 32.2. The van der Waals surface area contributed by atoms with Crippen molar-refractivity contribution in [1.82, 2.24) is 5.32 Å². The lowest BCUT2D eigenvalue weighted by molar-refractivity contribution is -0.132. The third-order valence-corrected chi connectivity index (χ3v) is 9.00. The fourth-order valence-corrected chi connectivity index (χ4v) is 6.44. The van der Waals surface area contributed by atoms with E-state index in [2.05, 4.69) is 45.3 Å². The summed E-state index contributed by atoms with van der Waals surface area (Å²) >= 11 is 1.76. The molecule has 0 unspecified atom stereocenters. The number of carbonyl (C=O) groups excluding carboxylic acids is 2. The van der Waals surface area contributed by atoms with Crippen LogP contribution in [0.4, 0.5) is 0 Å². The Morgan fingerprint density at radius 3 is 2.70 bits per heavy atom. The van der Waals surface area contributed by atoms with Crippen LogP contribution in [0.3, 0.4) is 0 Å². The number of hydrogen-bond acceptors (Lipinski definition) is 5. The Bertz CT molecular complexity index is 811. The molecule has 4 nitrogen and oxygen atoms in total. The predicted molar refractivity (Wildman–Crippen MR) is 124 cm³/mol. The normalized spacial score (nSPS) is 34.4. The molecule has 0 aromatic heterocycles. The fraction of sp³-hybridized carbons (Fsp3) is 0.680. The Kier molecular flexibility index (Phi) is 6.91. The second-order valence-corrected chi connectivity index (χ2v) is 10.9. The molecule has 0 aromatic rings. The van der Waals surface area contributed by atoms with Crippen molar-refractivity contribution >= 4 is 23.3 Å². The molecule has 3 aliphatic rings. The number of carbonyl (C=O) groups is 2. The molecule has 0 heterocycles. The topological polar surface area (TPSA) is 66.4 Å². The minimum atomic E-state index is -0.536. The quantitative estimate of drug-likeness (QED) is 0.246. The largest absolute Gasteiger partial charge is 0.505 e. The van der Waals surface area contributed by atoms with E-state index < -0.39 is 11.6 Å². The van der Waals surface area contributed by atoms with Gasteiger partial charge in [-0.1, -0.05) is 32.4 Å². The number of nitrogens with one attached hydrogen (secondary N) is 1. The molecule has 4 atom stereocenters. The molecule has 0 bridgehead atoms. The molecule has 166 valence electrons. The highest BCUT2D eigenvalue weighted by molar-refractivity contribution is 7.98. The van der Waals surface area contributed by atoms with Gasteiger partial charge in [0, 0.05) is 18.2 Å². The van der Waals surface area contributed by atoms with Crippen LogP contribution >= 0.6 is 11.8 Å². The number of aliphatic hydroxyl groups excluding tert-OH is 1. The number of aliphatic hydroxyl groups is 1. The monoisotopic (exact) mass is 431 g/mol. The second kappa shape index (κ2) is 8.94. The van der Waals surface area contributed by atoms with Crippen LogP contribution in [-0.2, 0) is 9.59 Å². The molecule has 0 radical (unpaired) electrons. The first-order valence-electron chi connectivity index (χ1n) is 11.3. The zero-order valence-corrected chi connectivity index (χ0v) is 20.0. The molecule has 0 aliphatic heterocycles. The molecule has 2 N–H and O–H groups in total. The van der Waals surface area contributed by atoms with Crippen molar-refractivity contribution in [2.24, 2.45) is 22.7 Å². The summed E-state index contributed by atoms with van der Waals surface area (Å²) < 4.78 is 0. The lowest BCUT2D eigenvalue weighted by atomic mass is 9.46. The van der Waals surface area contributed by atoms with Gasteiger partial charge in [-0.25, -0.2) is 0 Å². The van der Waals surface area contributed by atoms with Gasteiger partial charge >= 0.3 is 0 Å². The minimum absolute atomic E-state index is 0.0208. The van der Waals surface area contributed by atoms with Crippen LogP contribution in [0.15, 0.2) is 34.8 Å². The molecule has 0 aromatic carbocycles. The Morgan fingerprint density at radius 1 is 1.27 bits per heavy atom. The Balaban J connectivity index is 1.91. The minimum Gasteiger partial charge on any atom is -0.505 e. The summed E-state index contributed by atoms with van der Waals surface area (Å²) in [5.41, 5.74) is 2.16. The SMILES string of the molecule is CSCCCNC1=CC(=O)C(=O)C(C[C@]2(C)[C@@H](C)CC[C@@]3(C)C(C)=CCC[C@@H]23)=C1O. The van der Waals surface area contributed by atoms with Gasteiger partial charge < -0.3 is 10.4 Å². The van der Waals surface area contributed by atoms with E-state index in [1.165, 1.54) is 11.6 Å². The van der Waals surface area contributed by atoms with E-state index in [9.17, 15) is 14.7 Å². The summed E-state index contributed by atoms with van der Waals surface area (Å²) in [5.74, 6) is 0.787. The summed E-state index contributed by atoms with van der Waals surface area (Å²) in [5, 5.41) is 14.2. The molecule has 0 saturated heterocycles. The van der Waals surface area contributed by atoms with Gasteiger partial charge in [-0.05, 0) is 80.1 Å². The summed E-state index contributed by atoms with van der Waals surface area (Å²) in [6, 6.07) is 0. The average molecular weight is 432 g/mol. The zero-order valence-electron chi connectivity index (χ0n) is 19.1. The molecule has 3 rings (SSSR count). The first-order chi connectivity index (χ1) is 14.1. The number of hydrogen-bond donors (Lipinski definition) is 2. The third kappa shape index (κ3) is 4.02. The van der Waals surface area contributed by atoms with E-state index in [1.807, 2.05) is 0 Å². The lowest BCUT2D eigenvalue weighted by Gasteiger charge is -2.58. The van der Waals surface area contributed by atoms with Crippen molar-refractivity contribution in [1.29, 1.82) is 0 Å². The summed E-state index contributed by atoms with van der Waals surface area (Å²) in [6.45, 7) is 9.84. The maximum absolute atomic E-state index is 12.8. The van der Waals surface area contributed by atoms with E-state index in [0.29, 0.717) is 36.1 Å². The molecular formula is C25H37NO3S. The number of allylic oxidation sites excluding steroid dienone is 4. The second-order valence-electron chi connectivity index (χ2n) is 9.91. The molecule has 0 spiro atoms. The highest BCUT2D eigenvalue weighted by Gasteiger charge is 2.54. The maximum atomic E-state index is 12.8. The molecule has 0 amide bonds. The third-order valence-electron chi connectivity index (χ3n) is 8.31. The molecule has 3 aliphatic carbocycles. The van der Waals surface area contributed by atoms with Gasteiger partial charge in [0.1, 0.15) is 5.76 Å². The van der Waals surface area contributed by atoms with Gasteiger partial charge in [0.2, 0.25) is 11.6 Å². The number of thioether (sulfide) groups is 1. The molecule has 1 fully saturated rings. The molecular weight excluding hydrogens is 394 g/mol. The van der Waals surface area contributed by atoms with E-state index in [4.69, 9.17) is 0 Å². The van der Waals surface area contributed by atoms with Gasteiger partial charge in [-0.15, -0.1) is 0 Å². The smallest absolute Gasteiger partial charge is 0.232 e. The average Bonchev–Trinajstić information content (AvgIpc) is 2.71. The first-order valence-corrected chi connectivity index (χ1v) is 12.7. The van der Waals surface area contributed by atoms with E-state index in [0.717, 1.165) is 37.9 Å². The first kappa shape index (κ1) is 23.2. The Labute approximate surface area is 185 Å². The predicted octanol–water partition coefficient (Wildman–Crippen LogP) is 5.37. The molecule has 1 saturated carbocycles. The van der Waals surface area contributed by atoms with Crippen LogP contribution in [0.1, 0.15) is 66.2 Å². The highest BCUT2D eigenvalue weighted by Crippen LogP contribution is 2.62. The molecule has 5 heteroatoms. The van der Waals surface area contributed by atoms with Crippen molar-refractivity contribution in [2.45, 2.75) is 66.2 Å². The van der Waals surface area contributed by atoms with E-state index in [1.54, 1.807) is 11.8 Å². The fourth-order valence-electron chi connectivity index (χ4n) is 6.01. The zero-order chi connectivity index (χ0) is 22.1. The molecule has 30 heavy (non-hydrogen) atoms. The summed E-state index contributed by atoms with van der Waals surface area (Å²) in [6.07, 6.45) is 11.5. The van der Waals surface area contributed by atoms with E-state index >= 15 is 0 Å². The number of rotatable bonds is 7. The lowest BCUT2D eigenvalue weighted by Crippen LogP contribution is -2.50. The van der Waals surface area contributed by atoms with Gasteiger partial charge in [-0.2, -0.15) is 11.8 Å². The Morgan fingerprint density at radius 2 is 2.00 bits per heavy atom. The van der Waals surface area contributed by atoms with Crippen molar-refractivity contribution < 1.29 is 14.7 Å². The number of ketones is 2. The maximum Gasteiger partial charge on any atom is 0.232 e. The number of Topliss-reactive ketones (excluding diaryl/α,β-unsaturated/α-hetero) is 1. The van der Waals surface area contributed by atoms with Crippen LogP contribution in [-0.4, -0.2) is 35.2 Å². The van der Waals surface area contributed by atoms with Crippen LogP contribution in [0.2, 0.25) is 0 Å². The van der Waals surface area contributed by atoms with Crippen LogP contribution < -0.4 is 5.32 Å². The van der Waals surface area contributed by atoms with Crippen LogP contribution in [0, 0.1) is 22.7 Å². The summed E-state index contributed by atoms with van der Waals surface area (Å²) in [4.78, 5) is 25.3. The van der Waals surface area contributed by atoms with Crippen molar-refractivity contribution in [3.05, 3.63) is 34.8 Å². The Hall–Kier alpha value is -1.49. The summed E-state index contributed by atoms with van der Waals surface area (Å²) in [7, 11) is 0. The van der Waals surface area contributed by atoms with E-state index in [-0.39, 0.29) is 16.6 Å². The van der Waals surface area contributed by atoms with Gasteiger partial charge in [0.25, 0.3) is 0 Å². The van der Waals surface area contributed by atoms with Crippen molar-refractivity contribution in [3.63, 3.8) is 0 Å². The van der Waals surface area contributed by atoms with Crippen LogP contribution in [0.25, 0.3) is 0 Å².